The summed E-state index contributed by atoms with van der Waals surface area (Å²) in [6, 6.07) is 32.0. The standard InChI is InChI=1S/C36H30N4O4/c1-23-10-5-7-14-31(23)39-37-29-16-18-33(25(3)20-29)43-35(41)27-12-9-13-28(22-27)36(42)44-34-19-17-30(21-26(34)4)38-40-32-15-8-6-11-24(32)2/h5-22H,1-4H3. The van der Waals surface area contributed by atoms with Crippen molar-refractivity contribution in [3.63, 3.8) is 0 Å². The van der Waals surface area contributed by atoms with Crippen LogP contribution in [0, 0.1) is 27.7 Å². The van der Waals surface area contributed by atoms with E-state index < -0.39 is 11.9 Å². The summed E-state index contributed by atoms with van der Waals surface area (Å²) in [5.74, 6) is -0.436. The summed E-state index contributed by atoms with van der Waals surface area (Å²) in [6.45, 7) is 7.58. The molecule has 5 rings (SSSR count). The van der Waals surface area contributed by atoms with Crippen LogP contribution in [0.2, 0.25) is 0 Å². The van der Waals surface area contributed by atoms with Crippen molar-refractivity contribution in [3.05, 3.63) is 143 Å². The zero-order valence-electron chi connectivity index (χ0n) is 24.8. The molecule has 8 nitrogen and oxygen atoms in total. The van der Waals surface area contributed by atoms with Crippen LogP contribution in [0.15, 0.2) is 130 Å². The lowest BCUT2D eigenvalue weighted by atomic mass is 10.1. The minimum Gasteiger partial charge on any atom is -0.423 e. The van der Waals surface area contributed by atoms with Crippen molar-refractivity contribution in [1.29, 1.82) is 0 Å². The first-order chi connectivity index (χ1) is 21.3. The molecule has 218 valence electrons. The van der Waals surface area contributed by atoms with Gasteiger partial charge in [0.05, 0.1) is 33.9 Å². The lowest BCUT2D eigenvalue weighted by Gasteiger charge is -2.10. The van der Waals surface area contributed by atoms with Crippen LogP contribution in [0.5, 0.6) is 11.5 Å². The van der Waals surface area contributed by atoms with Crippen molar-refractivity contribution in [2.45, 2.75) is 27.7 Å². The van der Waals surface area contributed by atoms with Crippen molar-refractivity contribution in [2.75, 3.05) is 0 Å². The molecule has 0 saturated heterocycles. The van der Waals surface area contributed by atoms with Gasteiger partial charge in [-0.05, 0) is 117 Å². The third-order valence-corrected chi connectivity index (χ3v) is 6.83. The third-order valence-electron chi connectivity index (χ3n) is 6.83. The molecule has 0 amide bonds. The summed E-state index contributed by atoms with van der Waals surface area (Å²) >= 11 is 0. The van der Waals surface area contributed by atoms with E-state index in [-0.39, 0.29) is 11.1 Å². The number of rotatable bonds is 8. The highest BCUT2D eigenvalue weighted by Crippen LogP contribution is 2.29. The van der Waals surface area contributed by atoms with Crippen molar-refractivity contribution in [1.82, 2.24) is 0 Å². The van der Waals surface area contributed by atoms with Gasteiger partial charge >= 0.3 is 11.9 Å². The normalized spacial score (nSPS) is 11.2. The molecule has 0 heterocycles. The van der Waals surface area contributed by atoms with Gasteiger partial charge in [0.2, 0.25) is 0 Å². The van der Waals surface area contributed by atoms with Crippen molar-refractivity contribution >= 4 is 34.7 Å². The summed E-state index contributed by atoms with van der Waals surface area (Å²) in [5, 5.41) is 17.2. The average molecular weight is 583 g/mol. The highest BCUT2D eigenvalue weighted by Gasteiger charge is 2.16. The molecule has 0 aliphatic carbocycles. The lowest BCUT2D eigenvalue weighted by molar-refractivity contribution is 0.0733. The van der Waals surface area contributed by atoms with Gasteiger partial charge in [0.15, 0.2) is 0 Å². The molecule has 0 bridgehead atoms. The Hall–Kier alpha value is -5.76. The number of carbonyl (C=O) groups is 2. The van der Waals surface area contributed by atoms with E-state index in [0.29, 0.717) is 34.0 Å². The summed E-state index contributed by atoms with van der Waals surface area (Å²) in [6.07, 6.45) is 0. The van der Waals surface area contributed by atoms with Crippen LogP contribution < -0.4 is 9.47 Å². The zero-order chi connectivity index (χ0) is 31.1. The van der Waals surface area contributed by atoms with E-state index in [2.05, 4.69) is 20.5 Å². The van der Waals surface area contributed by atoms with Crippen LogP contribution in [0.3, 0.4) is 0 Å². The number of hydrogen-bond acceptors (Lipinski definition) is 8. The molecule has 5 aromatic carbocycles. The number of esters is 2. The van der Waals surface area contributed by atoms with Crippen LogP contribution in [0.25, 0.3) is 0 Å². The fourth-order valence-corrected chi connectivity index (χ4v) is 4.29. The molecule has 0 unspecified atom stereocenters. The Morgan fingerprint density at radius 2 is 0.886 bits per heavy atom. The number of nitrogens with zero attached hydrogens (tertiary/aromatic N) is 4. The van der Waals surface area contributed by atoms with E-state index in [1.165, 1.54) is 6.07 Å². The van der Waals surface area contributed by atoms with Crippen LogP contribution in [0.1, 0.15) is 43.0 Å². The van der Waals surface area contributed by atoms with Gasteiger partial charge in [-0.3, -0.25) is 0 Å². The van der Waals surface area contributed by atoms with E-state index >= 15 is 0 Å². The Balaban J connectivity index is 1.23. The van der Waals surface area contributed by atoms with Gasteiger partial charge < -0.3 is 9.47 Å². The van der Waals surface area contributed by atoms with Crippen molar-refractivity contribution in [3.8, 4) is 11.5 Å². The molecule has 0 N–H and O–H groups in total. The molecule has 0 spiro atoms. The quantitative estimate of drug-likeness (QED) is 0.103. The maximum atomic E-state index is 13.0. The Morgan fingerprint density at radius 1 is 0.455 bits per heavy atom. The molecule has 0 fully saturated rings. The molecule has 0 atom stereocenters. The van der Waals surface area contributed by atoms with Crippen LogP contribution >= 0.6 is 0 Å². The molecule has 0 aliphatic rings. The maximum Gasteiger partial charge on any atom is 0.343 e. The first kappa shape index (κ1) is 29.7. The smallest absolute Gasteiger partial charge is 0.343 e. The van der Waals surface area contributed by atoms with Gasteiger partial charge in [-0.1, -0.05) is 42.5 Å². The van der Waals surface area contributed by atoms with Gasteiger partial charge in [-0.2, -0.15) is 20.5 Å². The van der Waals surface area contributed by atoms with E-state index in [1.807, 2.05) is 76.2 Å². The molecule has 0 aromatic heterocycles. The first-order valence-corrected chi connectivity index (χ1v) is 14.0. The Kier molecular flexibility index (Phi) is 9.10. The summed E-state index contributed by atoms with van der Waals surface area (Å²) in [7, 11) is 0. The van der Waals surface area contributed by atoms with Crippen LogP contribution in [-0.4, -0.2) is 11.9 Å². The third kappa shape index (κ3) is 7.35. The van der Waals surface area contributed by atoms with Gasteiger partial charge in [-0.15, -0.1) is 0 Å². The molecule has 5 aromatic rings. The van der Waals surface area contributed by atoms with Gasteiger partial charge in [-0.25, -0.2) is 9.59 Å². The molecule has 8 heteroatoms. The number of benzene rings is 5. The number of ether oxygens (including phenoxy) is 2. The summed E-state index contributed by atoms with van der Waals surface area (Å²) in [5.41, 5.74) is 6.74. The predicted octanol–water partition coefficient (Wildman–Crippen LogP) is 10.2. The van der Waals surface area contributed by atoms with Crippen LogP contribution in [-0.2, 0) is 0 Å². The zero-order valence-corrected chi connectivity index (χ0v) is 24.8. The number of azo groups is 2. The van der Waals surface area contributed by atoms with Gasteiger partial charge in [0.1, 0.15) is 11.5 Å². The second-order valence-corrected chi connectivity index (χ2v) is 10.2. The highest BCUT2D eigenvalue weighted by atomic mass is 16.5. The Morgan fingerprint density at radius 3 is 1.30 bits per heavy atom. The van der Waals surface area contributed by atoms with E-state index in [9.17, 15) is 9.59 Å². The number of hydrogen-bond donors (Lipinski definition) is 0. The molecule has 0 radical (unpaired) electrons. The monoisotopic (exact) mass is 582 g/mol. The largest absolute Gasteiger partial charge is 0.423 e. The SMILES string of the molecule is Cc1ccccc1N=Nc1ccc(OC(=O)c2cccc(C(=O)Oc3ccc(N=Nc4ccccc4C)cc3C)c2)c(C)c1. The molecular formula is C36H30N4O4. The minimum absolute atomic E-state index is 0.214. The molecular weight excluding hydrogens is 552 g/mol. The van der Waals surface area contributed by atoms with Crippen molar-refractivity contribution in [2.24, 2.45) is 20.5 Å². The second-order valence-electron chi connectivity index (χ2n) is 10.2. The van der Waals surface area contributed by atoms with Crippen molar-refractivity contribution < 1.29 is 19.1 Å². The minimum atomic E-state index is -0.600. The van der Waals surface area contributed by atoms with E-state index in [1.54, 1.807) is 54.6 Å². The fraction of sp³-hybridized carbons (Fsp3) is 0.111. The summed E-state index contributed by atoms with van der Waals surface area (Å²) < 4.78 is 11.3. The molecule has 0 aliphatic heterocycles. The highest BCUT2D eigenvalue weighted by molar-refractivity contribution is 5.97. The van der Waals surface area contributed by atoms with E-state index in [4.69, 9.17) is 9.47 Å². The number of carbonyl (C=O) groups excluding carboxylic acids is 2. The maximum absolute atomic E-state index is 13.0. The van der Waals surface area contributed by atoms with Gasteiger partial charge in [0, 0.05) is 0 Å². The Labute approximate surface area is 255 Å². The van der Waals surface area contributed by atoms with Crippen LogP contribution in [0.4, 0.5) is 22.7 Å². The van der Waals surface area contributed by atoms with E-state index in [0.717, 1.165) is 22.5 Å². The first-order valence-electron chi connectivity index (χ1n) is 14.0. The Bertz CT molecular complexity index is 1780. The average Bonchev–Trinajstić information content (AvgIpc) is 3.02. The molecule has 0 saturated carbocycles. The fourth-order valence-electron chi connectivity index (χ4n) is 4.29. The predicted molar refractivity (Wildman–Crippen MR) is 169 cm³/mol. The molecule has 44 heavy (non-hydrogen) atoms. The summed E-state index contributed by atoms with van der Waals surface area (Å²) in [4.78, 5) is 25.9. The van der Waals surface area contributed by atoms with Gasteiger partial charge in [0.25, 0.3) is 0 Å². The number of aryl methyl sites for hydroxylation is 4. The lowest BCUT2D eigenvalue weighted by Crippen LogP contribution is -2.13. The second kappa shape index (κ2) is 13.5. The topological polar surface area (TPSA) is 102 Å².